The SMILES string of the molecule is C#C/C=C\C=C/CCN1CC2(CCN(C)CC2)C1.NC12CC1(C=O)C2. The first-order valence-electron chi connectivity index (χ1n) is 9.41. The van der Waals surface area contributed by atoms with Gasteiger partial charge in [-0.05, 0) is 63.7 Å². The number of rotatable bonds is 5. The molecule has 0 aromatic carbocycles. The fraction of sp³-hybridized carbons (Fsp3) is 0.667. The van der Waals surface area contributed by atoms with Gasteiger partial charge in [-0.1, -0.05) is 24.1 Å². The van der Waals surface area contributed by atoms with Gasteiger partial charge < -0.3 is 20.3 Å². The molecular formula is C21H31N3O. The van der Waals surface area contributed by atoms with Gasteiger partial charge in [0.05, 0.1) is 0 Å². The van der Waals surface area contributed by atoms with Gasteiger partial charge in [0, 0.05) is 30.6 Å². The average molecular weight is 341 g/mol. The highest BCUT2D eigenvalue weighted by molar-refractivity contribution is 5.76. The fourth-order valence-corrected chi connectivity index (χ4v) is 4.20. The fourth-order valence-electron chi connectivity index (χ4n) is 4.20. The number of terminal acetylenes is 1. The Balaban J connectivity index is 0.000000213. The summed E-state index contributed by atoms with van der Waals surface area (Å²) < 4.78 is 0. The van der Waals surface area contributed by atoms with E-state index in [1.165, 1.54) is 45.6 Å². The molecule has 4 fully saturated rings. The molecule has 0 bridgehead atoms. The molecule has 4 heteroatoms. The number of aldehydes is 1. The Morgan fingerprint density at radius 3 is 2.32 bits per heavy atom. The van der Waals surface area contributed by atoms with Crippen LogP contribution in [0.3, 0.4) is 0 Å². The summed E-state index contributed by atoms with van der Waals surface area (Å²) in [4.78, 5) is 15.1. The van der Waals surface area contributed by atoms with Crippen LogP contribution >= 0.6 is 0 Å². The van der Waals surface area contributed by atoms with Crippen molar-refractivity contribution >= 4 is 6.29 Å². The van der Waals surface area contributed by atoms with Gasteiger partial charge in [0.2, 0.25) is 0 Å². The second-order valence-electron chi connectivity index (χ2n) is 8.54. The number of likely N-dealkylation sites (tertiary alicyclic amines) is 2. The van der Waals surface area contributed by atoms with Crippen molar-refractivity contribution in [2.75, 3.05) is 39.8 Å². The molecule has 0 atom stereocenters. The van der Waals surface area contributed by atoms with Crippen LogP contribution in [-0.2, 0) is 4.79 Å². The highest BCUT2D eigenvalue weighted by Crippen LogP contribution is 2.75. The van der Waals surface area contributed by atoms with Crippen molar-refractivity contribution in [3.63, 3.8) is 0 Å². The number of carbonyl (C=O) groups is 1. The summed E-state index contributed by atoms with van der Waals surface area (Å²) in [6, 6.07) is 0. The van der Waals surface area contributed by atoms with Crippen molar-refractivity contribution in [1.29, 1.82) is 0 Å². The summed E-state index contributed by atoms with van der Waals surface area (Å²) in [6.45, 7) is 6.39. The average Bonchev–Trinajstić information content (AvgIpc) is 3.36. The lowest BCUT2D eigenvalue weighted by atomic mass is 9.72. The van der Waals surface area contributed by atoms with Gasteiger partial charge in [-0.2, -0.15) is 0 Å². The minimum Gasteiger partial charge on any atom is -0.324 e. The third-order valence-electron chi connectivity index (χ3n) is 6.45. The normalized spacial score (nSPS) is 35.6. The lowest BCUT2D eigenvalue weighted by Gasteiger charge is -2.54. The molecule has 0 aromatic heterocycles. The second kappa shape index (κ2) is 7.07. The Labute approximate surface area is 152 Å². The second-order valence-corrected chi connectivity index (χ2v) is 8.54. The summed E-state index contributed by atoms with van der Waals surface area (Å²) in [5.74, 6) is 2.49. The molecule has 2 aliphatic carbocycles. The Bertz CT molecular complexity index is 579. The van der Waals surface area contributed by atoms with Crippen molar-refractivity contribution in [3.05, 3.63) is 24.3 Å². The van der Waals surface area contributed by atoms with Crippen LogP contribution in [0.15, 0.2) is 24.3 Å². The first kappa shape index (κ1) is 18.4. The van der Waals surface area contributed by atoms with Gasteiger partial charge in [-0.3, -0.25) is 0 Å². The van der Waals surface area contributed by atoms with E-state index in [4.69, 9.17) is 12.2 Å². The van der Waals surface area contributed by atoms with Gasteiger partial charge in [0.25, 0.3) is 0 Å². The Morgan fingerprint density at radius 2 is 1.84 bits per heavy atom. The first-order chi connectivity index (χ1) is 12.0. The molecule has 4 nitrogen and oxygen atoms in total. The molecule has 2 heterocycles. The molecule has 25 heavy (non-hydrogen) atoms. The summed E-state index contributed by atoms with van der Waals surface area (Å²) in [6.07, 6.45) is 19.8. The van der Waals surface area contributed by atoms with Crippen LogP contribution in [0.1, 0.15) is 32.1 Å². The molecule has 1 spiro atoms. The van der Waals surface area contributed by atoms with Crippen molar-refractivity contribution in [1.82, 2.24) is 9.80 Å². The van der Waals surface area contributed by atoms with Crippen LogP contribution in [0, 0.1) is 23.2 Å². The van der Waals surface area contributed by atoms with E-state index >= 15 is 0 Å². The summed E-state index contributed by atoms with van der Waals surface area (Å²) in [5.41, 5.74) is 6.21. The van der Waals surface area contributed by atoms with Crippen LogP contribution in [0.2, 0.25) is 0 Å². The van der Waals surface area contributed by atoms with Gasteiger partial charge in [-0.25, -0.2) is 0 Å². The summed E-state index contributed by atoms with van der Waals surface area (Å²) in [7, 11) is 2.23. The molecule has 136 valence electrons. The van der Waals surface area contributed by atoms with Gasteiger partial charge in [0.1, 0.15) is 6.29 Å². The van der Waals surface area contributed by atoms with Crippen molar-refractivity contribution < 1.29 is 4.79 Å². The molecule has 2 aliphatic heterocycles. The third-order valence-corrected chi connectivity index (χ3v) is 6.45. The van der Waals surface area contributed by atoms with E-state index in [-0.39, 0.29) is 11.0 Å². The zero-order valence-electron chi connectivity index (χ0n) is 15.4. The molecule has 2 N–H and O–H groups in total. The molecule has 4 aliphatic rings. The molecule has 2 saturated carbocycles. The van der Waals surface area contributed by atoms with E-state index in [0.717, 1.165) is 25.5 Å². The summed E-state index contributed by atoms with van der Waals surface area (Å²) >= 11 is 0. The Morgan fingerprint density at radius 1 is 1.20 bits per heavy atom. The van der Waals surface area contributed by atoms with Crippen LogP contribution < -0.4 is 5.73 Å². The predicted octanol–water partition coefficient (Wildman–Crippen LogP) is 1.83. The monoisotopic (exact) mass is 341 g/mol. The number of carbonyl (C=O) groups excluding carboxylic acids is 1. The van der Waals surface area contributed by atoms with E-state index in [1.54, 1.807) is 6.08 Å². The van der Waals surface area contributed by atoms with Crippen LogP contribution in [-0.4, -0.2) is 61.4 Å². The molecule has 0 radical (unpaired) electrons. The highest BCUT2D eigenvalue weighted by Gasteiger charge is 2.81. The Kier molecular flexibility index (Phi) is 5.20. The van der Waals surface area contributed by atoms with E-state index < -0.39 is 0 Å². The van der Waals surface area contributed by atoms with E-state index in [1.807, 2.05) is 12.2 Å². The Hall–Kier alpha value is -1.41. The largest absolute Gasteiger partial charge is 0.324 e. The number of allylic oxidation sites excluding steroid dienone is 3. The number of piperidine rings is 1. The van der Waals surface area contributed by atoms with Gasteiger partial charge in [-0.15, -0.1) is 6.42 Å². The van der Waals surface area contributed by atoms with Gasteiger partial charge in [0.15, 0.2) is 0 Å². The predicted molar refractivity (Wildman–Crippen MR) is 102 cm³/mol. The summed E-state index contributed by atoms with van der Waals surface area (Å²) in [5, 5.41) is 0. The lowest BCUT2D eigenvalue weighted by molar-refractivity contribution is -0.110. The molecule has 0 amide bonds. The lowest BCUT2D eigenvalue weighted by Crippen LogP contribution is -2.59. The highest BCUT2D eigenvalue weighted by atomic mass is 16.1. The molecule has 0 unspecified atom stereocenters. The number of nitrogens with two attached hydrogens (primary N) is 1. The smallest absolute Gasteiger partial charge is 0.128 e. The number of nitrogens with zero attached hydrogens (tertiary/aromatic N) is 2. The quantitative estimate of drug-likeness (QED) is 0.471. The first-order valence-corrected chi connectivity index (χ1v) is 9.41. The van der Waals surface area contributed by atoms with Crippen LogP contribution in [0.4, 0.5) is 0 Å². The minimum absolute atomic E-state index is 0.00521. The zero-order chi connectivity index (χ0) is 18.0. The van der Waals surface area contributed by atoms with Crippen LogP contribution in [0.25, 0.3) is 0 Å². The topological polar surface area (TPSA) is 49.6 Å². The zero-order valence-corrected chi connectivity index (χ0v) is 15.4. The van der Waals surface area contributed by atoms with Gasteiger partial charge >= 0.3 is 0 Å². The number of hydrogen-bond acceptors (Lipinski definition) is 4. The van der Waals surface area contributed by atoms with Crippen molar-refractivity contribution in [2.45, 2.75) is 37.6 Å². The minimum atomic E-state index is -0.00694. The van der Waals surface area contributed by atoms with E-state index in [9.17, 15) is 4.79 Å². The van der Waals surface area contributed by atoms with Crippen molar-refractivity contribution in [2.24, 2.45) is 16.6 Å². The molecule has 4 rings (SSSR count). The van der Waals surface area contributed by atoms with Crippen molar-refractivity contribution in [3.8, 4) is 12.3 Å². The maximum absolute atomic E-state index is 10.1. The maximum Gasteiger partial charge on any atom is 0.128 e. The molecular weight excluding hydrogens is 310 g/mol. The van der Waals surface area contributed by atoms with E-state index in [2.05, 4.69) is 28.8 Å². The standard InChI is InChI=1S/C16H24N2.C5H7NO/c1-3-4-5-6-7-8-11-18-14-16(15-18)9-12-17(2)13-10-16;6-5-1-4(5,2-5)3-7/h1,4-7H,8-15H2,2H3;3H,1-2,6H2/b5-4-,7-6-;. The molecule has 2 saturated heterocycles. The maximum atomic E-state index is 10.1. The number of hydrogen-bond donors (Lipinski definition) is 1. The number of fused-ring (bicyclic) bond motifs is 1. The van der Waals surface area contributed by atoms with Crippen LogP contribution in [0.5, 0.6) is 0 Å². The third kappa shape index (κ3) is 4.06. The van der Waals surface area contributed by atoms with E-state index in [0.29, 0.717) is 5.41 Å². The molecule has 0 aromatic rings.